The molecule has 0 aliphatic carbocycles. The van der Waals surface area contributed by atoms with Crippen molar-refractivity contribution in [3.63, 3.8) is 0 Å². The number of aromatic nitrogens is 2. The summed E-state index contributed by atoms with van der Waals surface area (Å²) in [4.78, 5) is 11.0. The number of rotatable bonds is 5. The van der Waals surface area contributed by atoms with Gasteiger partial charge >= 0.3 is 0 Å². The van der Waals surface area contributed by atoms with Crippen molar-refractivity contribution in [2.45, 2.75) is 32.7 Å². The Kier molecular flexibility index (Phi) is 4.36. The molecule has 5 nitrogen and oxygen atoms in total. The molecule has 1 aromatic rings. The summed E-state index contributed by atoms with van der Waals surface area (Å²) in [5.74, 6) is 1.96. The lowest BCUT2D eigenvalue weighted by Gasteiger charge is -2.21. The van der Waals surface area contributed by atoms with E-state index in [1.807, 2.05) is 0 Å². The van der Waals surface area contributed by atoms with Crippen LogP contribution in [0.15, 0.2) is 12.3 Å². The molecule has 2 N–H and O–H groups in total. The van der Waals surface area contributed by atoms with Crippen molar-refractivity contribution in [2.75, 3.05) is 24.6 Å². The van der Waals surface area contributed by atoms with E-state index in [4.69, 9.17) is 10.5 Å². The first kappa shape index (κ1) is 13.1. The number of ether oxygens (including phenoxy) is 1. The van der Waals surface area contributed by atoms with Gasteiger partial charge in [-0.1, -0.05) is 6.92 Å². The second-order valence-corrected chi connectivity index (χ2v) is 4.88. The zero-order valence-electron chi connectivity index (χ0n) is 11.2. The molecule has 2 rings (SSSR count). The Balaban J connectivity index is 2.08. The third kappa shape index (κ3) is 2.90. The van der Waals surface area contributed by atoms with E-state index in [0.717, 1.165) is 31.9 Å². The molecular formula is C13H22N4O. The van der Waals surface area contributed by atoms with Gasteiger partial charge in [0.15, 0.2) is 0 Å². The maximum Gasteiger partial charge on any atom is 0.228 e. The maximum absolute atomic E-state index is 5.74. The smallest absolute Gasteiger partial charge is 0.228 e. The summed E-state index contributed by atoms with van der Waals surface area (Å²) in [6.45, 7) is 6.63. The Morgan fingerprint density at radius 1 is 1.56 bits per heavy atom. The zero-order valence-corrected chi connectivity index (χ0v) is 11.2. The molecule has 0 saturated carbocycles. The summed E-state index contributed by atoms with van der Waals surface area (Å²) in [6, 6.07) is 2.25. The largest absolute Gasteiger partial charge is 0.478 e. The first-order chi connectivity index (χ1) is 8.74. The van der Waals surface area contributed by atoms with Gasteiger partial charge in [-0.3, -0.25) is 0 Å². The lowest BCUT2D eigenvalue weighted by atomic mass is 10.1. The van der Waals surface area contributed by atoms with Crippen molar-refractivity contribution >= 4 is 5.95 Å². The predicted octanol–water partition coefficient (Wildman–Crippen LogP) is 1.44. The van der Waals surface area contributed by atoms with Crippen LogP contribution in [0.1, 0.15) is 26.7 Å². The molecule has 0 radical (unpaired) electrons. The summed E-state index contributed by atoms with van der Waals surface area (Å²) in [5, 5.41) is 0. The van der Waals surface area contributed by atoms with Gasteiger partial charge in [0.2, 0.25) is 11.8 Å². The number of nitrogens with zero attached hydrogens (tertiary/aromatic N) is 3. The molecule has 0 aromatic carbocycles. The Bertz CT molecular complexity index is 385. The maximum atomic E-state index is 5.74. The molecule has 1 fully saturated rings. The van der Waals surface area contributed by atoms with E-state index >= 15 is 0 Å². The lowest BCUT2D eigenvalue weighted by molar-refractivity contribution is 0.304. The van der Waals surface area contributed by atoms with Crippen LogP contribution >= 0.6 is 0 Å². The Hall–Kier alpha value is -1.36. The van der Waals surface area contributed by atoms with Crippen LogP contribution in [0, 0.1) is 5.92 Å². The van der Waals surface area contributed by atoms with E-state index in [1.165, 1.54) is 0 Å². The summed E-state index contributed by atoms with van der Waals surface area (Å²) in [5.41, 5.74) is 5.74. The molecule has 1 aliphatic heterocycles. The molecule has 1 aliphatic rings. The molecular weight excluding hydrogens is 228 g/mol. The molecule has 2 unspecified atom stereocenters. The fourth-order valence-corrected chi connectivity index (χ4v) is 2.35. The van der Waals surface area contributed by atoms with Gasteiger partial charge in [-0.25, -0.2) is 4.98 Å². The first-order valence-corrected chi connectivity index (χ1v) is 6.67. The predicted molar refractivity (Wildman–Crippen MR) is 71.8 cm³/mol. The molecule has 1 saturated heterocycles. The lowest BCUT2D eigenvalue weighted by Crippen LogP contribution is -2.29. The van der Waals surface area contributed by atoms with Gasteiger partial charge in [0.25, 0.3) is 0 Å². The molecule has 0 spiro atoms. The molecule has 1 aromatic heterocycles. The van der Waals surface area contributed by atoms with Gasteiger partial charge in [-0.15, -0.1) is 0 Å². The minimum Gasteiger partial charge on any atom is -0.478 e. The fraction of sp³-hybridized carbons (Fsp3) is 0.692. The van der Waals surface area contributed by atoms with E-state index in [9.17, 15) is 0 Å². The monoisotopic (exact) mass is 250 g/mol. The molecule has 2 atom stereocenters. The van der Waals surface area contributed by atoms with Crippen molar-refractivity contribution in [1.82, 2.24) is 9.97 Å². The average Bonchev–Trinajstić information content (AvgIpc) is 2.78. The van der Waals surface area contributed by atoms with Gasteiger partial charge < -0.3 is 15.4 Å². The molecule has 0 bridgehead atoms. The highest BCUT2D eigenvalue weighted by molar-refractivity contribution is 5.35. The number of hydrogen-bond acceptors (Lipinski definition) is 5. The second-order valence-electron chi connectivity index (χ2n) is 4.88. The van der Waals surface area contributed by atoms with Gasteiger partial charge in [-0.05, 0) is 32.2 Å². The van der Waals surface area contributed by atoms with Gasteiger partial charge in [0, 0.05) is 24.8 Å². The van der Waals surface area contributed by atoms with E-state index in [-0.39, 0.29) is 0 Å². The van der Waals surface area contributed by atoms with Crippen molar-refractivity contribution in [1.29, 1.82) is 0 Å². The van der Waals surface area contributed by atoms with Crippen LogP contribution in [-0.2, 0) is 0 Å². The van der Waals surface area contributed by atoms with Crippen molar-refractivity contribution in [3.05, 3.63) is 12.3 Å². The third-order valence-corrected chi connectivity index (χ3v) is 3.32. The van der Waals surface area contributed by atoms with Crippen LogP contribution in [-0.4, -0.2) is 35.7 Å². The van der Waals surface area contributed by atoms with Crippen LogP contribution in [0.2, 0.25) is 0 Å². The Labute approximate surface area is 108 Å². The molecule has 0 amide bonds. The van der Waals surface area contributed by atoms with E-state index < -0.39 is 0 Å². The second kappa shape index (κ2) is 6.00. The zero-order chi connectivity index (χ0) is 13.0. The quantitative estimate of drug-likeness (QED) is 0.856. The SMILES string of the molecule is CCCOc1ccnc(N2CC(CN)CC2C)n1. The van der Waals surface area contributed by atoms with Crippen LogP contribution in [0.4, 0.5) is 5.95 Å². The van der Waals surface area contributed by atoms with Gasteiger partial charge in [-0.2, -0.15) is 4.98 Å². The van der Waals surface area contributed by atoms with Crippen molar-refractivity contribution in [2.24, 2.45) is 11.7 Å². The number of nitrogens with two attached hydrogens (primary N) is 1. The Morgan fingerprint density at radius 2 is 2.39 bits per heavy atom. The molecule has 5 heteroatoms. The minimum atomic E-state index is 0.444. The minimum absolute atomic E-state index is 0.444. The van der Waals surface area contributed by atoms with Crippen molar-refractivity contribution < 1.29 is 4.74 Å². The molecule has 2 heterocycles. The summed E-state index contributed by atoms with van der Waals surface area (Å²) in [6.07, 6.45) is 3.85. The van der Waals surface area contributed by atoms with Crippen LogP contribution < -0.4 is 15.4 Å². The van der Waals surface area contributed by atoms with Gasteiger partial charge in [0.1, 0.15) is 0 Å². The van der Waals surface area contributed by atoms with Crippen LogP contribution in [0.5, 0.6) is 5.88 Å². The van der Waals surface area contributed by atoms with Crippen LogP contribution in [0.3, 0.4) is 0 Å². The van der Waals surface area contributed by atoms with E-state index in [1.54, 1.807) is 12.3 Å². The summed E-state index contributed by atoms with van der Waals surface area (Å²) < 4.78 is 5.54. The fourth-order valence-electron chi connectivity index (χ4n) is 2.35. The molecule has 100 valence electrons. The summed E-state index contributed by atoms with van der Waals surface area (Å²) in [7, 11) is 0. The third-order valence-electron chi connectivity index (χ3n) is 3.32. The highest BCUT2D eigenvalue weighted by Crippen LogP contribution is 2.26. The number of hydrogen-bond donors (Lipinski definition) is 1. The standard InChI is InChI=1S/C13H22N4O/c1-3-6-18-12-4-5-15-13(16-12)17-9-11(8-14)7-10(17)2/h4-5,10-11H,3,6-9,14H2,1-2H3. The van der Waals surface area contributed by atoms with E-state index in [0.29, 0.717) is 24.4 Å². The normalized spacial score (nSPS) is 23.4. The Morgan fingerprint density at radius 3 is 3.06 bits per heavy atom. The summed E-state index contributed by atoms with van der Waals surface area (Å²) >= 11 is 0. The highest BCUT2D eigenvalue weighted by atomic mass is 16.5. The topological polar surface area (TPSA) is 64.3 Å². The van der Waals surface area contributed by atoms with Gasteiger partial charge in [0.05, 0.1) is 6.61 Å². The van der Waals surface area contributed by atoms with Crippen molar-refractivity contribution in [3.8, 4) is 5.88 Å². The number of anilines is 1. The highest BCUT2D eigenvalue weighted by Gasteiger charge is 2.29. The molecule has 18 heavy (non-hydrogen) atoms. The average molecular weight is 250 g/mol. The van der Waals surface area contributed by atoms with Crippen LogP contribution in [0.25, 0.3) is 0 Å². The first-order valence-electron chi connectivity index (χ1n) is 6.67. The van der Waals surface area contributed by atoms with E-state index in [2.05, 4.69) is 28.7 Å².